The fraction of sp³-hybridized carbons (Fsp3) is 0.308. The second-order valence-corrected chi connectivity index (χ2v) is 4.92. The molecule has 132 valence electrons. The third-order valence-corrected chi connectivity index (χ3v) is 2.76. The second kappa shape index (κ2) is 7.49. The number of nitrogens with one attached hydrogen (secondary N) is 1. The summed E-state index contributed by atoms with van der Waals surface area (Å²) >= 11 is 5.35. The Morgan fingerprint density at radius 2 is 1.79 bits per heavy atom. The van der Waals surface area contributed by atoms with Gasteiger partial charge in [0.1, 0.15) is 5.17 Å². The summed E-state index contributed by atoms with van der Waals surface area (Å²) in [4.78, 5) is 27.0. The summed E-state index contributed by atoms with van der Waals surface area (Å²) < 4.78 is 43.2. The molecule has 0 saturated heterocycles. The molecular formula is C13H12ClF3N2O5. The van der Waals surface area contributed by atoms with Crippen LogP contribution in [-0.2, 0) is 20.0 Å². The highest BCUT2D eigenvalue weighted by Gasteiger charge is 2.62. The largest absolute Gasteiger partial charge is 0.466 e. The van der Waals surface area contributed by atoms with E-state index in [1.54, 1.807) is 0 Å². The number of anilines is 1. The summed E-state index contributed by atoms with van der Waals surface area (Å²) in [5, 5.41) is 15.0. The predicted octanol–water partition coefficient (Wildman–Crippen LogP) is 2.73. The number of esters is 1. The molecule has 0 spiro atoms. The van der Waals surface area contributed by atoms with Crippen LogP contribution in [0.4, 0.5) is 23.7 Å². The van der Waals surface area contributed by atoms with E-state index in [1.807, 2.05) is 0 Å². The van der Waals surface area contributed by atoms with Crippen LogP contribution in [0.25, 0.3) is 0 Å². The van der Waals surface area contributed by atoms with Gasteiger partial charge in [-0.3, -0.25) is 10.2 Å². The van der Waals surface area contributed by atoms with Crippen molar-refractivity contribution >= 4 is 34.5 Å². The number of benzene rings is 1. The first kappa shape index (κ1) is 19.7. The SMILES string of the molecule is COC(=O)C(O)(c1ccc(NC(=O)ON=C(C)Cl)cc1)C(F)(F)F. The van der Waals surface area contributed by atoms with Crippen LogP contribution in [0.1, 0.15) is 12.5 Å². The number of rotatable bonds is 4. The topological polar surface area (TPSA) is 97.2 Å². The Morgan fingerprint density at radius 3 is 2.21 bits per heavy atom. The molecule has 0 aromatic heterocycles. The van der Waals surface area contributed by atoms with Gasteiger partial charge in [0.05, 0.1) is 7.11 Å². The molecule has 1 aromatic rings. The standard InChI is InChI=1S/C13H12ClF3N2O5/c1-7(14)19-24-11(21)18-9-5-3-8(4-6-9)12(22,10(20)23-2)13(15,16)17/h3-6,22H,1-2H3,(H,18,21). The zero-order chi connectivity index (χ0) is 18.5. The molecule has 0 aliphatic rings. The number of carbonyl (C=O) groups excluding carboxylic acids is 2. The summed E-state index contributed by atoms with van der Waals surface area (Å²) in [7, 11) is 0.713. The number of carbonyl (C=O) groups is 2. The quantitative estimate of drug-likeness (QED) is 0.368. The van der Waals surface area contributed by atoms with E-state index in [0.717, 1.165) is 24.3 Å². The van der Waals surface area contributed by atoms with Crippen molar-refractivity contribution in [1.82, 2.24) is 0 Å². The van der Waals surface area contributed by atoms with E-state index in [2.05, 4.69) is 20.0 Å². The van der Waals surface area contributed by atoms with Gasteiger partial charge in [0, 0.05) is 11.3 Å². The lowest BCUT2D eigenvalue weighted by Crippen LogP contribution is -2.49. The maximum absolute atomic E-state index is 13.0. The Kier molecular flexibility index (Phi) is 6.16. The van der Waals surface area contributed by atoms with Crippen LogP contribution in [0.15, 0.2) is 29.4 Å². The first-order valence-electron chi connectivity index (χ1n) is 6.18. The zero-order valence-corrected chi connectivity index (χ0v) is 13.1. The fourth-order valence-corrected chi connectivity index (χ4v) is 1.62. The van der Waals surface area contributed by atoms with Crippen LogP contribution in [0.5, 0.6) is 0 Å². The van der Waals surface area contributed by atoms with E-state index in [0.29, 0.717) is 7.11 Å². The maximum atomic E-state index is 13.0. The summed E-state index contributed by atoms with van der Waals surface area (Å²) in [6.45, 7) is 1.36. The number of hydrogen-bond donors (Lipinski definition) is 2. The molecule has 11 heteroatoms. The molecule has 0 aliphatic carbocycles. The molecule has 0 bridgehead atoms. The van der Waals surface area contributed by atoms with E-state index in [9.17, 15) is 27.9 Å². The number of oxime groups is 1. The van der Waals surface area contributed by atoms with Crippen LogP contribution >= 0.6 is 11.6 Å². The Bertz CT molecular complexity index is 644. The molecule has 1 rings (SSSR count). The normalized spacial score (nSPS) is 14.5. The maximum Gasteiger partial charge on any atom is 0.437 e. The molecule has 0 heterocycles. The highest BCUT2D eigenvalue weighted by atomic mass is 35.5. The van der Waals surface area contributed by atoms with Gasteiger partial charge in [-0.1, -0.05) is 28.9 Å². The minimum atomic E-state index is -5.31. The van der Waals surface area contributed by atoms with Crippen molar-refractivity contribution in [3.8, 4) is 0 Å². The molecule has 0 saturated carbocycles. The number of nitrogens with zero attached hydrogens (tertiary/aromatic N) is 1. The Labute approximate surface area is 139 Å². The molecule has 2 N–H and O–H groups in total. The molecular weight excluding hydrogens is 357 g/mol. The molecule has 1 atom stereocenters. The average Bonchev–Trinajstić information content (AvgIpc) is 2.51. The van der Waals surface area contributed by atoms with Gasteiger partial charge in [-0.15, -0.1) is 0 Å². The molecule has 1 unspecified atom stereocenters. The Balaban J connectivity index is 3.02. The number of ether oxygens (including phenoxy) is 1. The highest BCUT2D eigenvalue weighted by molar-refractivity contribution is 6.64. The Morgan fingerprint density at radius 1 is 1.25 bits per heavy atom. The van der Waals surface area contributed by atoms with Gasteiger partial charge in [-0.05, 0) is 19.1 Å². The molecule has 24 heavy (non-hydrogen) atoms. The van der Waals surface area contributed by atoms with Gasteiger partial charge in [0.2, 0.25) is 0 Å². The Hall–Kier alpha value is -2.33. The van der Waals surface area contributed by atoms with Crippen molar-refractivity contribution in [1.29, 1.82) is 0 Å². The predicted molar refractivity (Wildman–Crippen MR) is 77.5 cm³/mol. The summed E-state index contributed by atoms with van der Waals surface area (Å²) in [6, 6.07) is 3.65. The van der Waals surface area contributed by atoms with E-state index in [-0.39, 0.29) is 10.9 Å². The molecule has 7 nitrogen and oxygen atoms in total. The van der Waals surface area contributed by atoms with E-state index < -0.39 is 29.4 Å². The van der Waals surface area contributed by atoms with Crippen molar-refractivity contribution < 1.29 is 37.4 Å². The monoisotopic (exact) mass is 368 g/mol. The summed E-state index contributed by atoms with van der Waals surface area (Å²) in [6.07, 6.45) is -6.35. The lowest BCUT2D eigenvalue weighted by molar-refractivity contribution is -0.266. The third-order valence-electron chi connectivity index (χ3n) is 2.69. The van der Waals surface area contributed by atoms with Crippen LogP contribution in [0.2, 0.25) is 0 Å². The fourth-order valence-electron chi connectivity index (χ4n) is 1.58. The van der Waals surface area contributed by atoms with Gasteiger partial charge >= 0.3 is 18.2 Å². The number of alkyl halides is 3. The molecule has 0 fully saturated rings. The minimum absolute atomic E-state index is 0.0283. The van der Waals surface area contributed by atoms with Crippen molar-refractivity contribution in [2.75, 3.05) is 12.4 Å². The first-order chi connectivity index (χ1) is 11.0. The smallest absolute Gasteiger partial charge is 0.437 e. The van der Waals surface area contributed by atoms with Crippen LogP contribution < -0.4 is 5.32 Å². The molecule has 1 aromatic carbocycles. The van der Waals surface area contributed by atoms with Crippen molar-refractivity contribution in [3.63, 3.8) is 0 Å². The third kappa shape index (κ3) is 4.36. The van der Waals surface area contributed by atoms with E-state index >= 15 is 0 Å². The van der Waals surface area contributed by atoms with Gasteiger partial charge in [-0.25, -0.2) is 9.59 Å². The van der Waals surface area contributed by atoms with Gasteiger partial charge in [-0.2, -0.15) is 13.2 Å². The number of amides is 1. The number of hydrogen-bond acceptors (Lipinski definition) is 6. The van der Waals surface area contributed by atoms with Crippen LogP contribution in [0.3, 0.4) is 0 Å². The first-order valence-corrected chi connectivity index (χ1v) is 6.56. The van der Waals surface area contributed by atoms with Gasteiger partial charge in [0.25, 0.3) is 5.60 Å². The summed E-state index contributed by atoms with van der Waals surface area (Å²) in [5.74, 6) is -1.89. The van der Waals surface area contributed by atoms with E-state index in [4.69, 9.17) is 11.6 Å². The van der Waals surface area contributed by atoms with Gasteiger partial charge in [0.15, 0.2) is 0 Å². The van der Waals surface area contributed by atoms with E-state index in [1.165, 1.54) is 6.92 Å². The lowest BCUT2D eigenvalue weighted by atomic mass is 9.93. The van der Waals surface area contributed by atoms with Crippen LogP contribution in [0, 0.1) is 0 Å². The van der Waals surface area contributed by atoms with Gasteiger partial charge < -0.3 is 9.84 Å². The highest BCUT2D eigenvalue weighted by Crippen LogP contribution is 2.40. The lowest BCUT2D eigenvalue weighted by Gasteiger charge is -2.28. The minimum Gasteiger partial charge on any atom is -0.466 e. The average molecular weight is 369 g/mol. The zero-order valence-electron chi connectivity index (χ0n) is 12.3. The molecule has 0 aliphatic heterocycles. The summed E-state index contributed by atoms with van der Waals surface area (Å²) in [5.41, 5.74) is -4.59. The van der Waals surface area contributed by atoms with Crippen molar-refractivity contribution in [3.05, 3.63) is 29.8 Å². The van der Waals surface area contributed by atoms with Crippen molar-refractivity contribution in [2.45, 2.75) is 18.7 Å². The number of halogens is 4. The number of aliphatic hydroxyl groups is 1. The van der Waals surface area contributed by atoms with Crippen LogP contribution in [-0.4, -0.2) is 35.6 Å². The number of methoxy groups -OCH3 is 1. The second-order valence-electron chi connectivity index (χ2n) is 4.37. The molecule has 0 radical (unpaired) electrons. The molecule has 1 amide bonds. The van der Waals surface area contributed by atoms with Crippen molar-refractivity contribution in [2.24, 2.45) is 5.16 Å².